The van der Waals surface area contributed by atoms with Crippen LogP contribution in [0.1, 0.15) is 41.5 Å². The van der Waals surface area contributed by atoms with E-state index < -0.39 is 29.6 Å². The number of nitrogens with one attached hydrogen (secondary N) is 2. The maximum Gasteiger partial charge on any atom is 0.331 e. The first-order chi connectivity index (χ1) is 8.95. The molecule has 0 aliphatic heterocycles. The monoisotopic (exact) mass is 288 g/mol. The quantitative estimate of drug-likeness (QED) is 0.485. The van der Waals surface area contributed by atoms with E-state index in [-0.39, 0.29) is 11.9 Å². The van der Waals surface area contributed by atoms with Gasteiger partial charge in [0.05, 0.1) is 0 Å². The van der Waals surface area contributed by atoms with Crippen molar-refractivity contribution < 1.29 is 24.2 Å². The Kier molecular flexibility index (Phi) is 6.64. The van der Waals surface area contributed by atoms with Crippen LogP contribution in [0.4, 0.5) is 0 Å². The predicted octanol–water partition coefficient (Wildman–Crippen LogP) is -0.0766. The van der Waals surface area contributed by atoms with Gasteiger partial charge in [0.1, 0.15) is 6.04 Å². The van der Waals surface area contributed by atoms with Crippen molar-refractivity contribution in [3.8, 4) is 0 Å². The van der Waals surface area contributed by atoms with Gasteiger partial charge in [-0.25, -0.2) is 4.79 Å². The van der Waals surface area contributed by atoms with Crippen LogP contribution >= 0.6 is 0 Å². The molecule has 7 heteroatoms. The van der Waals surface area contributed by atoms with Crippen LogP contribution in [0, 0.1) is 5.41 Å². The molecule has 0 heterocycles. The van der Waals surface area contributed by atoms with E-state index in [1.54, 1.807) is 34.6 Å². The Hall–Kier alpha value is -1.63. The Morgan fingerprint density at radius 1 is 1.05 bits per heavy atom. The summed E-state index contributed by atoms with van der Waals surface area (Å²) in [6.07, 6.45) is -1.89. The summed E-state index contributed by atoms with van der Waals surface area (Å²) >= 11 is 0. The van der Waals surface area contributed by atoms with E-state index in [0.717, 1.165) is 0 Å². The molecule has 20 heavy (non-hydrogen) atoms. The van der Waals surface area contributed by atoms with E-state index in [0.29, 0.717) is 0 Å². The zero-order valence-corrected chi connectivity index (χ0v) is 12.8. The lowest BCUT2D eigenvalue weighted by molar-refractivity contribution is -0.178. The number of aliphatic hydroxyl groups is 1. The number of esters is 1. The van der Waals surface area contributed by atoms with Crippen LogP contribution in [0.5, 0.6) is 0 Å². The van der Waals surface area contributed by atoms with Crippen molar-refractivity contribution in [1.82, 2.24) is 10.6 Å². The Balaban J connectivity index is 4.40. The van der Waals surface area contributed by atoms with Gasteiger partial charge in [-0.05, 0) is 20.8 Å². The number of ether oxygens (including phenoxy) is 1. The van der Waals surface area contributed by atoms with Gasteiger partial charge in [0.15, 0.2) is 0 Å². The molecule has 2 amide bonds. The molecule has 0 aromatic heterocycles. The maximum absolute atomic E-state index is 11.7. The van der Waals surface area contributed by atoms with Gasteiger partial charge < -0.3 is 20.5 Å². The summed E-state index contributed by atoms with van der Waals surface area (Å²) in [5.41, 5.74) is -0.651. The van der Waals surface area contributed by atoms with Gasteiger partial charge >= 0.3 is 5.97 Å². The molecule has 3 N–H and O–H groups in total. The second-order valence-corrected chi connectivity index (χ2v) is 5.90. The van der Waals surface area contributed by atoms with Gasteiger partial charge in [0.25, 0.3) is 12.2 Å². The summed E-state index contributed by atoms with van der Waals surface area (Å²) in [7, 11) is 0. The molecule has 0 radical (unpaired) electrons. The smallest absolute Gasteiger partial charge is 0.331 e. The van der Waals surface area contributed by atoms with Gasteiger partial charge in [0, 0.05) is 11.5 Å². The average molecular weight is 288 g/mol. The second-order valence-electron chi connectivity index (χ2n) is 5.90. The van der Waals surface area contributed by atoms with Gasteiger partial charge in [-0.1, -0.05) is 20.8 Å². The molecule has 0 aliphatic rings. The van der Waals surface area contributed by atoms with Crippen molar-refractivity contribution in [2.45, 2.75) is 59.9 Å². The average Bonchev–Trinajstić information content (AvgIpc) is 2.26. The van der Waals surface area contributed by atoms with E-state index in [9.17, 15) is 19.5 Å². The van der Waals surface area contributed by atoms with Crippen LogP contribution in [-0.4, -0.2) is 41.3 Å². The Morgan fingerprint density at radius 3 is 1.95 bits per heavy atom. The molecule has 7 nitrogen and oxygen atoms in total. The van der Waals surface area contributed by atoms with Crippen LogP contribution in [0.25, 0.3) is 0 Å². The van der Waals surface area contributed by atoms with Gasteiger partial charge in [-0.2, -0.15) is 0 Å². The maximum atomic E-state index is 11.7. The molecule has 0 bridgehead atoms. The number of carbonyl (C=O) groups is 3. The second kappa shape index (κ2) is 7.23. The molecule has 0 aromatic rings. The fourth-order valence-corrected chi connectivity index (χ4v) is 1.09. The first kappa shape index (κ1) is 18.4. The lowest BCUT2D eigenvalue weighted by atomic mass is 9.95. The highest BCUT2D eigenvalue weighted by molar-refractivity contribution is 5.88. The van der Waals surface area contributed by atoms with Gasteiger partial charge in [-0.15, -0.1) is 0 Å². The minimum Gasteiger partial charge on any atom is -0.425 e. The van der Waals surface area contributed by atoms with Crippen LogP contribution < -0.4 is 10.6 Å². The summed E-state index contributed by atoms with van der Waals surface area (Å²) in [4.78, 5) is 34.7. The topological polar surface area (TPSA) is 105 Å². The van der Waals surface area contributed by atoms with Crippen molar-refractivity contribution in [1.29, 1.82) is 0 Å². The number of amides is 2. The largest absolute Gasteiger partial charge is 0.425 e. The zero-order chi connectivity index (χ0) is 16.1. The molecule has 0 rings (SSSR count). The number of aliphatic hydroxyl groups excluding tert-OH is 1. The van der Waals surface area contributed by atoms with Crippen molar-refractivity contribution in [3.05, 3.63) is 0 Å². The highest BCUT2D eigenvalue weighted by Gasteiger charge is 2.28. The van der Waals surface area contributed by atoms with Crippen LogP contribution in [-0.2, 0) is 19.1 Å². The number of rotatable bonds is 5. The molecule has 0 saturated carbocycles. The molecular formula is C13H24N2O5. The highest BCUT2D eigenvalue weighted by Crippen LogP contribution is 2.13. The lowest BCUT2D eigenvalue weighted by Crippen LogP contribution is -2.47. The Morgan fingerprint density at radius 2 is 1.55 bits per heavy atom. The minimum atomic E-state index is -1.89. The van der Waals surface area contributed by atoms with Crippen LogP contribution in [0.3, 0.4) is 0 Å². The lowest BCUT2D eigenvalue weighted by Gasteiger charge is -2.22. The molecule has 0 aliphatic carbocycles. The first-order valence-corrected chi connectivity index (χ1v) is 6.45. The fourth-order valence-electron chi connectivity index (χ4n) is 1.09. The third kappa shape index (κ3) is 6.51. The SMILES string of the molecule is CC(C)NC(=O)C(O)OC(=O)C(C)NC(=O)C(C)(C)C. The molecule has 2 unspecified atom stereocenters. The summed E-state index contributed by atoms with van der Waals surface area (Å²) < 4.78 is 4.58. The van der Waals surface area contributed by atoms with E-state index >= 15 is 0 Å². The third-order valence-corrected chi connectivity index (χ3v) is 2.27. The molecule has 2 atom stereocenters. The normalized spacial score (nSPS) is 14.4. The summed E-state index contributed by atoms with van der Waals surface area (Å²) in [5, 5.41) is 14.3. The first-order valence-electron chi connectivity index (χ1n) is 6.45. The molecular weight excluding hydrogens is 264 g/mol. The third-order valence-electron chi connectivity index (χ3n) is 2.27. The van der Waals surface area contributed by atoms with E-state index in [4.69, 9.17) is 0 Å². The molecule has 0 spiro atoms. The molecule has 0 aromatic carbocycles. The fraction of sp³-hybridized carbons (Fsp3) is 0.769. The summed E-state index contributed by atoms with van der Waals surface area (Å²) in [6.45, 7) is 9.93. The number of hydrogen-bond donors (Lipinski definition) is 3. The number of hydrogen-bond acceptors (Lipinski definition) is 5. The Bertz CT molecular complexity index is 373. The van der Waals surface area contributed by atoms with E-state index in [2.05, 4.69) is 15.4 Å². The zero-order valence-electron chi connectivity index (χ0n) is 12.8. The summed E-state index contributed by atoms with van der Waals surface area (Å²) in [5.74, 6) is -2.01. The standard InChI is InChI=1S/C13H24N2O5/c1-7(2)14-9(16)11(18)20-10(17)8(3)15-12(19)13(4,5)6/h7-8,11,18H,1-6H3,(H,14,16)(H,15,19). The summed E-state index contributed by atoms with van der Waals surface area (Å²) in [6, 6.07) is -1.14. The molecule has 0 saturated heterocycles. The molecule has 116 valence electrons. The van der Waals surface area contributed by atoms with Crippen LogP contribution in [0.15, 0.2) is 0 Å². The Labute approximate surface area is 119 Å². The molecule has 0 fully saturated rings. The van der Waals surface area contributed by atoms with Crippen LogP contribution in [0.2, 0.25) is 0 Å². The van der Waals surface area contributed by atoms with E-state index in [1.807, 2.05) is 0 Å². The minimum absolute atomic E-state index is 0.186. The van der Waals surface area contributed by atoms with Crippen molar-refractivity contribution >= 4 is 17.8 Å². The predicted molar refractivity (Wildman–Crippen MR) is 72.4 cm³/mol. The van der Waals surface area contributed by atoms with Gasteiger partial charge in [-0.3, -0.25) is 9.59 Å². The van der Waals surface area contributed by atoms with Crippen molar-refractivity contribution in [2.75, 3.05) is 0 Å². The van der Waals surface area contributed by atoms with Crippen molar-refractivity contribution in [3.63, 3.8) is 0 Å². The van der Waals surface area contributed by atoms with E-state index in [1.165, 1.54) is 6.92 Å². The highest BCUT2D eigenvalue weighted by atomic mass is 16.6. The number of carbonyl (C=O) groups excluding carboxylic acids is 3. The van der Waals surface area contributed by atoms with Crippen molar-refractivity contribution in [2.24, 2.45) is 5.41 Å². The van der Waals surface area contributed by atoms with Gasteiger partial charge in [0.2, 0.25) is 5.91 Å².